The zero-order valence-electron chi connectivity index (χ0n) is 17.0. The third kappa shape index (κ3) is 5.35. The third-order valence-electron chi connectivity index (χ3n) is 5.91. The van der Waals surface area contributed by atoms with E-state index >= 15 is 0 Å². The molecule has 1 aromatic carbocycles. The molecule has 1 saturated carbocycles. The first-order valence-electron chi connectivity index (χ1n) is 10.8. The summed E-state index contributed by atoms with van der Waals surface area (Å²) in [5.41, 5.74) is -0.612. The lowest BCUT2D eigenvalue weighted by atomic mass is 9.95. The quantitative estimate of drug-likeness (QED) is 0.633. The number of hydrogen-bond acceptors (Lipinski definition) is 7. The van der Waals surface area contributed by atoms with Crippen molar-refractivity contribution in [2.45, 2.75) is 78.2 Å². The maximum Gasteiger partial charge on any atom is 0.230 e. The molecule has 30 heavy (non-hydrogen) atoms. The largest absolute Gasteiger partial charge is 0.353 e. The molecule has 166 valence electrons. The fourth-order valence-electron chi connectivity index (χ4n) is 4.33. The molecule has 1 amide bonds. The molecule has 9 heteroatoms. The van der Waals surface area contributed by atoms with Crippen molar-refractivity contribution < 1.29 is 17.9 Å². The van der Waals surface area contributed by atoms with E-state index in [4.69, 9.17) is 4.74 Å². The van der Waals surface area contributed by atoms with Crippen LogP contribution in [0.25, 0.3) is 0 Å². The Morgan fingerprint density at radius 3 is 2.60 bits per heavy atom. The maximum atomic E-state index is 13.3. The van der Waals surface area contributed by atoms with E-state index in [9.17, 15) is 13.2 Å². The number of benzene rings is 1. The van der Waals surface area contributed by atoms with Crippen LogP contribution in [-0.2, 0) is 19.4 Å². The van der Waals surface area contributed by atoms with Gasteiger partial charge in [0.05, 0.1) is 10.6 Å². The predicted molar refractivity (Wildman–Crippen MR) is 122 cm³/mol. The van der Waals surface area contributed by atoms with Crippen LogP contribution in [0, 0.1) is 0 Å². The highest BCUT2D eigenvalue weighted by molar-refractivity contribution is 8.02. The third-order valence-corrected chi connectivity index (χ3v) is 10.6. The zero-order valence-corrected chi connectivity index (χ0v) is 19.4. The molecular formula is C21H30N2O4S3. The summed E-state index contributed by atoms with van der Waals surface area (Å²) in [7, 11) is -3.62. The molecule has 4 rings (SSSR count). The maximum absolute atomic E-state index is 13.3. The lowest BCUT2D eigenvalue weighted by Gasteiger charge is -2.23. The van der Waals surface area contributed by atoms with Gasteiger partial charge >= 0.3 is 0 Å². The summed E-state index contributed by atoms with van der Waals surface area (Å²) in [6.07, 6.45) is 7.45. The minimum Gasteiger partial charge on any atom is -0.353 e. The molecule has 1 aromatic rings. The summed E-state index contributed by atoms with van der Waals surface area (Å²) >= 11 is 3.11. The number of carbonyl (C=O) groups is 1. The van der Waals surface area contributed by atoms with Gasteiger partial charge in [-0.2, -0.15) is 11.8 Å². The van der Waals surface area contributed by atoms with Crippen molar-refractivity contribution in [2.24, 2.45) is 0 Å². The Labute approximate surface area is 187 Å². The summed E-state index contributed by atoms with van der Waals surface area (Å²) < 4.78 is 32.8. The van der Waals surface area contributed by atoms with Gasteiger partial charge in [-0.25, -0.2) is 8.42 Å². The number of sulfone groups is 1. The van der Waals surface area contributed by atoms with E-state index in [1.54, 1.807) is 30.3 Å². The first-order chi connectivity index (χ1) is 14.5. The Kier molecular flexibility index (Phi) is 7.67. The van der Waals surface area contributed by atoms with Crippen molar-refractivity contribution in [3.8, 4) is 0 Å². The smallest absolute Gasteiger partial charge is 0.230 e. The molecule has 6 nitrogen and oxygen atoms in total. The van der Waals surface area contributed by atoms with Gasteiger partial charge in [0.15, 0.2) is 15.2 Å². The molecule has 0 aromatic heterocycles. The monoisotopic (exact) mass is 470 g/mol. The van der Waals surface area contributed by atoms with Gasteiger partial charge in [-0.05, 0) is 43.6 Å². The minimum absolute atomic E-state index is 0.0370. The van der Waals surface area contributed by atoms with Gasteiger partial charge in [0, 0.05) is 11.3 Å². The van der Waals surface area contributed by atoms with Gasteiger partial charge < -0.3 is 10.1 Å². The van der Waals surface area contributed by atoms with Crippen LogP contribution in [-0.4, -0.2) is 54.2 Å². The van der Waals surface area contributed by atoms with Gasteiger partial charge in [-0.3, -0.25) is 10.1 Å². The van der Waals surface area contributed by atoms with E-state index in [1.165, 1.54) is 18.2 Å². The van der Waals surface area contributed by atoms with Crippen molar-refractivity contribution in [1.29, 1.82) is 0 Å². The molecule has 2 aliphatic heterocycles. The van der Waals surface area contributed by atoms with E-state index < -0.39 is 20.6 Å². The topological polar surface area (TPSA) is 84.5 Å². The Bertz CT molecular complexity index is 809. The Morgan fingerprint density at radius 2 is 1.90 bits per heavy atom. The number of nitrogens with one attached hydrogen (secondary N) is 2. The highest BCUT2D eigenvalue weighted by Crippen LogP contribution is 2.37. The second kappa shape index (κ2) is 10.3. The van der Waals surface area contributed by atoms with E-state index in [-0.39, 0.29) is 34.1 Å². The number of rotatable bonds is 7. The number of carbonyl (C=O) groups excluding carboxylic acids is 1. The van der Waals surface area contributed by atoms with Gasteiger partial charge in [-0.15, -0.1) is 11.8 Å². The van der Waals surface area contributed by atoms with Crippen LogP contribution < -0.4 is 10.6 Å². The predicted octanol–water partition coefficient (Wildman–Crippen LogP) is 3.14. The van der Waals surface area contributed by atoms with Crippen molar-refractivity contribution in [1.82, 2.24) is 10.6 Å². The SMILES string of the molecule is O=C(CSC1OC(C2CCCS2)NC1S(=O)(=O)c1ccccc1)NC1CCCCC1. The van der Waals surface area contributed by atoms with Gasteiger partial charge in [-0.1, -0.05) is 37.5 Å². The minimum atomic E-state index is -3.62. The van der Waals surface area contributed by atoms with E-state index in [0.29, 0.717) is 0 Å². The Hall–Kier alpha value is -0.740. The summed E-state index contributed by atoms with van der Waals surface area (Å²) in [4.78, 5) is 12.8. The standard InChI is InChI=1S/C21H30N2O4S3/c24-18(22-15-8-3-1-4-9-15)14-29-21-20(23-19(27-21)17-12-7-13-28-17)30(25,26)16-10-5-2-6-11-16/h2,5-6,10-11,15,17,19-21,23H,1,3-4,7-9,12-14H2,(H,22,24). The van der Waals surface area contributed by atoms with Crippen molar-refractivity contribution >= 4 is 39.3 Å². The van der Waals surface area contributed by atoms with Crippen LogP contribution in [0.5, 0.6) is 0 Å². The lowest BCUT2D eigenvalue weighted by Crippen LogP contribution is -2.42. The second-order valence-electron chi connectivity index (χ2n) is 8.14. The van der Waals surface area contributed by atoms with Gasteiger partial charge in [0.25, 0.3) is 0 Å². The van der Waals surface area contributed by atoms with Gasteiger partial charge in [0.2, 0.25) is 5.91 Å². The van der Waals surface area contributed by atoms with Crippen LogP contribution in [0.4, 0.5) is 0 Å². The summed E-state index contributed by atoms with van der Waals surface area (Å²) in [6, 6.07) is 8.75. The number of amides is 1. The number of hydrogen-bond donors (Lipinski definition) is 2. The fraction of sp³-hybridized carbons (Fsp3) is 0.667. The summed E-state index contributed by atoms with van der Waals surface area (Å²) in [6.45, 7) is 0. The highest BCUT2D eigenvalue weighted by atomic mass is 32.2. The van der Waals surface area contributed by atoms with Crippen LogP contribution in [0.1, 0.15) is 44.9 Å². The van der Waals surface area contributed by atoms with E-state index in [2.05, 4.69) is 10.6 Å². The van der Waals surface area contributed by atoms with Crippen LogP contribution in [0.2, 0.25) is 0 Å². The molecule has 0 radical (unpaired) electrons. The molecule has 3 fully saturated rings. The Balaban J connectivity index is 1.43. The first-order valence-corrected chi connectivity index (χ1v) is 14.4. The highest BCUT2D eigenvalue weighted by Gasteiger charge is 2.46. The average molecular weight is 471 g/mol. The van der Waals surface area contributed by atoms with Crippen molar-refractivity contribution in [2.75, 3.05) is 11.5 Å². The molecule has 2 heterocycles. The number of ether oxygens (including phenoxy) is 1. The van der Waals surface area contributed by atoms with Gasteiger partial charge in [0.1, 0.15) is 11.7 Å². The van der Waals surface area contributed by atoms with Crippen molar-refractivity contribution in [3.05, 3.63) is 30.3 Å². The summed E-state index contributed by atoms with van der Waals surface area (Å²) in [5, 5.41) is 5.74. The molecule has 2 N–H and O–H groups in total. The normalized spacial score (nSPS) is 30.4. The van der Waals surface area contributed by atoms with Crippen LogP contribution >= 0.6 is 23.5 Å². The molecule has 0 spiro atoms. The Morgan fingerprint density at radius 1 is 1.13 bits per heavy atom. The second-order valence-corrected chi connectivity index (χ2v) is 12.6. The van der Waals surface area contributed by atoms with Crippen molar-refractivity contribution in [3.63, 3.8) is 0 Å². The molecule has 2 saturated heterocycles. The molecular weight excluding hydrogens is 440 g/mol. The van der Waals surface area contributed by atoms with Crippen LogP contribution in [0.15, 0.2) is 35.2 Å². The molecule has 0 bridgehead atoms. The first kappa shape index (κ1) is 22.5. The average Bonchev–Trinajstić information content (AvgIpc) is 3.44. The van der Waals surface area contributed by atoms with Crippen LogP contribution in [0.3, 0.4) is 0 Å². The molecule has 1 aliphatic carbocycles. The number of thioether (sulfide) groups is 2. The fourth-order valence-corrected chi connectivity index (χ4v) is 8.64. The summed E-state index contributed by atoms with van der Waals surface area (Å²) in [5.74, 6) is 1.24. The molecule has 4 unspecified atom stereocenters. The van der Waals surface area contributed by atoms with E-state index in [1.807, 2.05) is 11.8 Å². The zero-order chi connectivity index (χ0) is 21.0. The lowest BCUT2D eigenvalue weighted by molar-refractivity contribution is -0.119. The van der Waals surface area contributed by atoms with E-state index in [0.717, 1.165) is 44.3 Å². The molecule has 3 aliphatic rings. The molecule has 4 atom stereocenters.